The standard InChI is InChI=1S/C19H25N3O2S2/c1-3-9-22-18(24)16-13-5-4-6-14(13)26-17(16)21-19(22)25-10-15(23)20-11(2)12-7-8-12/h11-12H,3-10H2,1-2H3,(H,20,23)/t11-/m1/s1. The Morgan fingerprint density at radius 2 is 2.23 bits per heavy atom. The maximum absolute atomic E-state index is 13.1. The number of thioether (sulfide) groups is 1. The second-order valence-electron chi connectivity index (χ2n) is 7.37. The van der Waals surface area contributed by atoms with Crippen LogP contribution in [0.1, 0.15) is 50.0 Å². The van der Waals surface area contributed by atoms with Gasteiger partial charge in [-0.1, -0.05) is 18.7 Å². The van der Waals surface area contributed by atoms with E-state index >= 15 is 0 Å². The fraction of sp³-hybridized carbons (Fsp3) is 0.632. The van der Waals surface area contributed by atoms with Gasteiger partial charge in [-0.3, -0.25) is 14.2 Å². The van der Waals surface area contributed by atoms with Crippen molar-refractivity contribution in [3.05, 3.63) is 20.8 Å². The van der Waals surface area contributed by atoms with Crippen LogP contribution in [0.5, 0.6) is 0 Å². The minimum atomic E-state index is 0.0282. The molecule has 0 spiro atoms. The summed E-state index contributed by atoms with van der Waals surface area (Å²) in [6.45, 7) is 4.78. The fourth-order valence-electron chi connectivity index (χ4n) is 3.73. The summed E-state index contributed by atoms with van der Waals surface area (Å²) in [5, 5.41) is 4.58. The second-order valence-corrected chi connectivity index (χ2v) is 9.40. The van der Waals surface area contributed by atoms with Crippen LogP contribution < -0.4 is 10.9 Å². The van der Waals surface area contributed by atoms with E-state index in [0.717, 1.165) is 35.9 Å². The average Bonchev–Trinajstić information content (AvgIpc) is 3.27. The Morgan fingerprint density at radius 3 is 2.96 bits per heavy atom. The maximum Gasteiger partial charge on any atom is 0.263 e. The number of thiophene rings is 1. The Kier molecular flexibility index (Phi) is 5.10. The van der Waals surface area contributed by atoms with E-state index in [-0.39, 0.29) is 17.5 Å². The molecule has 2 aliphatic carbocycles. The van der Waals surface area contributed by atoms with Crippen molar-refractivity contribution in [1.29, 1.82) is 0 Å². The number of rotatable bonds is 7. The van der Waals surface area contributed by atoms with E-state index in [4.69, 9.17) is 4.98 Å². The first-order valence-electron chi connectivity index (χ1n) is 9.55. The van der Waals surface area contributed by atoms with Crippen molar-refractivity contribution in [2.75, 3.05) is 5.75 Å². The number of carbonyl (C=O) groups excluding carboxylic acids is 1. The lowest BCUT2D eigenvalue weighted by Crippen LogP contribution is -2.35. The van der Waals surface area contributed by atoms with Crippen LogP contribution in [0.15, 0.2) is 9.95 Å². The molecule has 0 bridgehead atoms. The molecule has 1 fully saturated rings. The molecule has 2 aromatic rings. The van der Waals surface area contributed by atoms with Crippen LogP contribution in [0.3, 0.4) is 0 Å². The predicted octanol–water partition coefficient (Wildman–Crippen LogP) is 3.36. The molecule has 0 saturated heterocycles. The summed E-state index contributed by atoms with van der Waals surface area (Å²) in [6, 6.07) is 0.247. The molecule has 2 heterocycles. The van der Waals surface area contributed by atoms with Crippen molar-refractivity contribution in [3.8, 4) is 0 Å². The Morgan fingerprint density at radius 1 is 1.42 bits per heavy atom. The Hall–Kier alpha value is -1.34. The normalized spacial score (nSPS) is 17.5. The number of carbonyl (C=O) groups is 1. The predicted molar refractivity (Wildman–Crippen MR) is 107 cm³/mol. The van der Waals surface area contributed by atoms with Gasteiger partial charge < -0.3 is 5.32 Å². The van der Waals surface area contributed by atoms with Gasteiger partial charge in [0.05, 0.1) is 11.1 Å². The number of aromatic nitrogens is 2. The van der Waals surface area contributed by atoms with Gasteiger partial charge in [-0.2, -0.15) is 0 Å². The summed E-state index contributed by atoms with van der Waals surface area (Å²) >= 11 is 3.05. The molecular formula is C19H25N3O2S2. The van der Waals surface area contributed by atoms with Gasteiger partial charge >= 0.3 is 0 Å². The first-order valence-corrected chi connectivity index (χ1v) is 11.4. The highest BCUT2D eigenvalue weighted by Gasteiger charge is 2.29. The zero-order chi connectivity index (χ0) is 18.3. The summed E-state index contributed by atoms with van der Waals surface area (Å²) in [5.74, 6) is 0.981. The van der Waals surface area contributed by atoms with Gasteiger partial charge in [0.1, 0.15) is 4.83 Å². The van der Waals surface area contributed by atoms with Gasteiger partial charge in [-0.15, -0.1) is 11.3 Å². The van der Waals surface area contributed by atoms with Crippen LogP contribution >= 0.6 is 23.1 Å². The molecule has 1 N–H and O–H groups in total. The summed E-state index contributed by atoms with van der Waals surface area (Å²) in [6.07, 6.45) is 6.50. The minimum Gasteiger partial charge on any atom is -0.353 e. The van der Waals surface area contributed by atoms with Gasteiger partial charge in [0, 0.05) is 17.5 Å². The van der Waals surface area contributed by atoms with E-state index in [9.17, 15) is 9.59 Å². The van der Waals surface area contributed by atoms with Gasteiger partial charge in [0.15, 0.2) is 5.16 Å². The molecule has 7 heteroatoms. The molecule has 0 unspecified atom stereocenters. The average molecular weight is 392 g/mol. The van der Waals surface area contributed by atoms with Gasteiger partial charge in [0.25, 0.3) is 5.56 Å². The molecule has 1 saturated carbocycles. The quantitative estimate of drug-likeness (QED) is 0.581. The summed E-state index contributed by atoms with van der Waals surface area (Å²) in [5.41, 5.74) is 1.30. The van der Waals surface area contributed by atoms with Crippen LogP contribution in [-0.4, -0.2) is 27.3 Å². The Balaban J connectivity index is 1.58. The lowest BCUT2D eigenvalue weighted by molar-refractivity contribution is -0.119. The number of nitrogens with one attached hydrogen (secondary N) is 1. The molecule has 140 valence electrons. The molecule has 1 atom stereocenters. The zero-order valence-electron chi connectivity index (χ0n) is 15.3. The molecule has 4 rings (SSSR count). The molecule has 2 aromatic heterocycles. The van der Waals surface area contributed by atoms with E-state index in [2.05, 4.69) is 19.2 Å². The topological polar surface area (TPSA) is 64.0 Å². The SMILES string of the molecule is CCCn1c(SCC(=O)N[C@H](C)C2CC2)nc2sc3c(c2c1=O)CCC3. The Labute approximate surface area is 161 Å². The summed E-state index contributed by atoms with van der Waals surface area (Å²) in [4.78, 5) is 32.3. The fourth-order valence-corrected chi connectivity index (χ4v) is 5.87. The molecule has 0 aliphatic heterocycles. The highest BCUT2D eigenvalue weighted by atomic mass is 32.2. The van der Waals surface area contributed by atoms with E-state index < -0.39 is 0 Å². The minimum absolute atomic E-state index is 0.0282. The van der Waals surface area contributed by atoms with Crippen LogP contribution in [0.2, 0.25) is 0 Å². The second kappa shape index (κ2) is 7.35. The highest BCUT2D eigenvalue weighted by Crippen LogP contribution is 2.35. The first kappa shape index (κ1) is 18.0. The van der Waals surface area contributed by atoms with Crippen molar-refractivity contribution >= 4 is 39.2 Å². The van der Waals surface area contributed by atoms with Crippen LogP contribution in [0.4, 0.5) is 0 Å². The van der Waals surface area contributed by atoms with Gasteiger partial charge in [-0.05, 0) is 56.9 Å². The van der Waals surface area contributed by atoms with E-state index in [1.165, 1.54) is 35.0 Å². The molecule has 5 nitrogen and oxygen atoms in total. The lowest BCUT2D eigenvalue weighted by atomic mass is 10.2. The van der Waals surface area contributed by atoms with Crippen molar-refractivity contribution in [1.82, 2.24) is 14.9 Å². The molecule has 2 aliphatic rings. The third-order valence-corrected chi connectivity index (χ3v) is 7.45. The number of hydrogen-bond acceptors (Lipinski definition) is 5. The molecule has 0 radical (unpaired) electrons. The molecule has 26 heavy (non-hydrogen) atoms. The van der Waals surface area contributed by atoms with Gasteiger partial charge in [0.2, 0.25) is 5.91 Å². The van der Waals surface area contributed by atoms with Crippen molar-refractivity contribution in [3.63, 3.8) is 0 Å². The van der Waals surface area contributed by atoms with Crippen LogP contribution in [-0.2, 0) is 24.2 Å². The lowest BCUT2D eigenvalue weighted by Gasteiger charge is -2.14. The monoisotopic (exact) mass is 391 g/mol. The number of aryl methyl sites for hydroxylation is 2. The van der Waals surface area contributed by atoms with Crippen LogP contribution in [0, 0.1) is 5.92 Å². The first-order chi connectivity index (χ1) is 12.6. The summed E-state index contributed by atoms with van der Waals surface area (Å²) in [7, 11) is 0. The number of nitrogens with zero attached hydrogens (tertiary/aromatic N) is 2. The van der Waals surface area contributed by atoms with E-state index in [1.807, 2.05) is 0 Å². The third-order valence-electron chi connectivity index (χ3n) is 5.29. The van der Waals surface area contributed by atoms with Gasteiger partial charge in [-0.25, -0.2) is 4.98 Å². The summed E-state index contributed by atoms with van der Waals surface area (Å²) < 4.78 is 1.77. The van der Waals surface area contributed by atoms with Crippen molar-refractivity contribution in [2.24, 2.45) is 5.92 Å². The molecule has 1 amide bonds. The third kappa shape index (κ3) is 3.43. The van der Waals surface area contributed by atoms with Crippen molar-refractivity contribution < 1.29 is 4.79 Å². The zero-order valence-corrected chi connectivity index (χ0v) is 17.0. The molecule has 0 aromatic carbocycles. The number of amides is 1. The number of fused-ring (bicyclic) bond motifs is 3. The van der Waals surface area contributed by atoms with E-state index in [1.54, 1.807) is 15.9 Å². The number of hydrogen-bond donors (Lipinski definition) is 1. The van der Waals surface area contributed by atoms with Crippen LogP contribution in [0.25, 0.3) is 10.2 Å². The Bertz CT molecular complexity index is 898. The largest absolute Gasteiger partial charge is 0.353 e. The highest BCUT2D eigenvalue weighted by molar-refractivity contribution is 7.99. The smallest absolute Gasteiger partial charge is 0.263 e. The van der Waals surface area contributed by atoms with E-state index in [0.29, 0.717) is 23.4 Å². The van der Waals surface area contributed by atoms with Crippen molar-refractivity contribution in [2.45, 2.75) is 70.1 Å². The molecular weight excluding hydrogens is 366 g/mol. The maximum atomic E-state index is 13.1.